The maximum Gasteiger partial charge on any atom is 0.258 e. The maximum absolute atomic E-state index is 12.2. The van der Waals surface area contributed by atoms with Gasteiger partial charge in [0.25, 0.3) is 5.91 Å². The molecule has 0 unspecified atom stereocenters. The first-order valence-electron chi connectivity index (χ1n) is 9.40. The molecule has 0 radical (unpaired) electrons. The Hall–Kier alpha value is -1.26. The molecule has 0 aromatic heterocycles. The summed E-state index contributed by atoms with van der Waals surface area (Å²) in [6, 6.07) is 8.01. The van der Waals surface area contributed by atoms with Crippen molar-refractivity contribution in [2.75, 3.05) is 27.2 Å². The zero-order valence-corrected chi connectivity index (χ0v) is 17.7. The van der Waals surface area contributed by atoms with Gasteiger partial charge in [0.2, 0.25) is 0 Å². The Labute approximate surface area is 165 Å². The van der Waals surface area contributed by atoms with E-state index >= 15 is 0 Å². The zero-order chi connectivity index (χ0) is 18.5. The fourth-order valence-electron chi connectivity index (χ4n) is 3.51. The predicted molar refractivity (Wildman–Crippen MR) is 110 cm³/mol. The van der Waals surface area contributed by atoms with Crippen molar-refractivity contribution >= 4 is 18.3 Å². The Morgan fingerprint density at radius 1 is 1.12 bits per heavy atom. The van der Waals surface area contributed by atoms with Gasteiger partial charge in [0, 0.05) is 12.1 Å². The van der Waals surface area contributed by atoms with Gasteiger partial charge in [0.05, 0.1) is 0 Å². The molecule has 1 fully saturated rings. The van der Waals surface area contributed by atoms with Crippen molar-refractivity contribution in [1.82, 2.24) is 10.2 Å². The van der Waals surface area contributed by atoms with Crippen molar-refractivity contribution in [2.24, 2.45) is 0 Å². The van der Waals surface area contributed by atoms with Crippen molar-refractivity contribution in [3.05, 3.63) is 29.8 Å². The minimum Gasteiger partial charge on any atom is -0.484 e. The first-order valence-corrected chi connectivity index (χ1v) is 9.40. The summed E-state index contributed by atoms with van der Waals surface area (Å²) in [6.45, 7) is 7.32. The summed E-state index contributed by atoms with van der Waals surface area (Å²) in [5.41, 5.74) is 1.48. The molecule has 1 aromatic carbocycles. The van der Waals surface area contributed by atoms with Crippen LogP contribution in [0.4, 0.5) is 0 Å². The summed E-state index contributed by atoms with van der Waals surface area (Å²) in [4.78, 5) is 14.5. The first kappa shape index (κ1) is 22.8. The third kappa shape index (κ3) is 6.17. The van der Waals surface area contributed by atoms with Crippen LogP contribution < -0.4 is 10.1 Å². The molecular weight excluding hydrogens is 348 g/mol. The van der Waals surface area contributed by atoms with E-state index in [1.165, 1.54) is 24.8 Å². The highest BCUT2D eigenvalue weighted by atomic mass is 35.5. The van der Waals surface area contributed by atoms with Gasteiger partial charge < -0.3 is 15.0 Å². The second-order valence-corrected chi connectivity index (χ2v) is 8.52. The quantitative estimate of drug-likeness (QED) is 0.802. The lowest BCUT2D eigenvalue weighted by molar-refractivity contribution is -0.123. The van der Waals surface area contributed by atoms with Crippen LogP contribution in [-0.4, -0.2) is 43.6 Å². The number of carbonyl (C=O) groups excluding carboxylic acids is 1. The molecule has 0 aliphatic heterocycles. The van der Waals surface area contributed by atoms with Crippen LogP contribution in [0.15, 0.2) is 24.3 Å². The number of likely N-dealkylation sites (N-methyl/N-ethyl adjacent to an activating group) is 1. The van der Waals surface area contributed by atoms with E-state index in [9.17, 15) is 4.79 Å². The van der Waals surface area contributed by atoms with Gasteiger partial charge in [0.1, 0.15) is 5.75 Å². The number of halogens is 1. The number of ether oxygens (including phenoxy) is 1. The van der Waals surface area contributed by atoms with E-state index in [4.69, 9.17) is 4.74 Å². The number of hydrogen-bond acceptors (Lipinski definition) is 3. The fraction of sp³-hybridized carbons (Fsp3) is 0.667. The number of benzene rings is 1. The minimum atomic E-state index is -0.0494. The van der Waals surface area contributed by atoms with Crippen molar-refractivity contribution in [3.63, 3.8) is 0 Å². The van der Waals surface area contributed by atoms with Crippen LogP contribution in [0.25, 0.3) is 0 Å². The number of nitrogens with zero attached hydrogens (tertiary/aromatic N) is 1. The van der Waals surface area contributed by atoms with E-state index in [0.29, 0.717) is 6.54 Å². The fourth-order valence-corrected chi connectivity index (χ4v) is 3.51. The second-order valence-electron chi connectivity index (χ2n) is 8.52. The van der Waals surface area contributed by atoms with Crippen LogP contribution in [0.5, 0.6) is 5.75 Å². The lowest BCUT2D eigenvalue weighted by Gasteiger charge is -2.43. The normalized spacial score (nSPS) is 16.7. The average Bonchev–Trinajstić information content (AvgIpc) is 2.58. The molecule has 1 saturated carbocycles. The summed E-state index contributed by atoms with van der Waals surface area (Å²) in [5, 5.41) is 3.07. The van der Waals surface area contributed by atoms with Crippen LogP contribution >= 0.6 is 12.4 Å². The van der Waals surface area contributed by atoms with E-state index in [1.54, 1.807) is 0 Å². The average molecular weight is 383 g/mol. The highest BCUT2D eigenvalue weighted by molar-refractivity contribution is 5.85. The van der Waals surface area contributed by atoms with E-state index in [2.05, 4.69) is 57.2 Å². The molecule has 0 bridgehead atoms. The molecule has 2 rings (SSSR count). The number of hydrogen-bond donors (Lipinski definition) is 1. The Kier molecular flexibility index (Phi) is 8.42. The van der Waals surface area contributed by atoms with E-state index in [1.807, 2.05) is 12.1 Å². The molecule has 0 heterocycles. The second kappa shape index (κ2) is 9.61. The van der Waals surface area contributed by atoms with Crippen molar-refractivity contribution in [3.8, 4) is 5.75 Å². The van der Waals surface area contributed by atoms with Gasteiger partial charge >= 0.3 is 0 Å². The maximum atomic E-state index is 12.2. The monoisotopic (exact) mass is 382 g/mol. The van der Waals surface area contributed by atoms with Gasteiger partial charge in [-0.05, 0) is 50.0 Å². The van der Waals surface area contributed by atoms with Gasteiger partial charge in [-0.15, -0.1) is 12.4 Å². The van der Waals surface area contributed by atoms with Gasteiger partial charge in [-0.2, -0.15) is 0 Å². The van der Waals surface area contributed by atoms with Crippen LogP contribution in [0, 0.1) is 0 Å². The van der Waals surface area contributed by atoms with Crippen LogP contribution in [0.2, 0.25) is 0 Å². The van der Waals surface area contributed by atoms with E-state index in [-0.39, 0.29) is 35.9 Å². The summed E-state index contributed by atoms with van der Waals surface area (Å²) >= 11 is 0. The molecule has 5 heteroatoms. The number of rotatable bonds is 6. The van der Waals surface area contributed by atoms with Crippen molar-refractivity contribution in [1.29, 1.82) is 0 Å². The molecular formula is C21H35ClN2O2. The largest absolute Gasteiger partial charge is 0.484 e. The molecule has 1 N–H and O–H groups in total. The SMILES string of the molecule is CN(C)C1(CNC(=O)COc2ccc(C(C)(C)C)cc2)CCCCC1.Cl. The van der Waals surface area contributed by atoms with Gasteiger partial charge in [0.15, 0.2) is 6.61 Å². The molecule has 0 spiro atoms. The Morgan fingerprint density at radius 2 is 1.69 bits per heavy atom. The molecule has 1 aliphatic rings. The summed E-state index contributed by atoms with van der Waals surface area (Å²) < 4.78 is 5.64. The van der Waals surface area contributed by atoms with E-state index in [0.717, 1.165) is 18.6 Å². The molecule has 0 saturated heterocycles. The van der Waals surface area contributed by atoms with Crippen LogP contribution in [0.3, 0.4) is 0 Å². The zero-order valence-electron chi connectivity index (χ0n) is 16.9. The standard InChI is InChI=1S/C21H34N2O2.ClH/c1-20(2,3)17-9-11-18(12-10-17)25-15-19(24)22-16-21(23(4)5)13-7-6-8-14-21;/h9-12H,6-8,13-16H2,1-5H3,(H,22,24);1H. The summed E-state index contributed by atoms with van der Waals surface area (Å²) in [6.07, 6.45) is 6.08. The Bertz CT molecular complexity index is 558. The predicted octanol–water partition coefficient (Wildman–Crippen LogP) is 4.17. The molecule has 26 heavy (non-hydrogen) atoms. The lowest BCUT2D eigenvalue weighted by Crippen LogP contribution is -2.54. The Morgan fingerprint density at radius 3 is 2.19 bits per heavy atom. The smallest absolute Gasteiger partial charge is 0.258 e. The van der Waals surface area contributed by atoms with Crippen molar-refractivity contribution < 1.29 is 9.53 Å². The summed E-state index contributed by atoms with van der Waals surface area (Å²) in [5.74, 6) is 0.690. The van der Waals surface area contributed by atoms with Crippen LogP contribution in [0.1, 0.15) is 58.4 Å². The highest BCUT2D eigenvalue weighted by Gasteiger charge is 2.34. The lowest BCUT2D eigenvalue weighted by atomic mass is 9.80. The van der Waals surface area contributed by atoms with Crippen molar-refractivity contribution in [2.45, 2.75) is 63.8 Å². The molecule has 1 aromatic rings. The van der Waals surface area contributed by atoms with Crippen LogP contribution in [-0.2, 0) is 10.2 Å². The van der Waals surface area contributed by atoms with Gasteiger partial charge in [-0.25, -0.2) is 0 Å². The number of amides is 1. The topological polar surface area (TPSA) is 41.6 Å². The Balaban J connectivity index is 0.00000338. The third-order valence-electron chi connectivity index (χ3n) is 5.44. The number of nitrogens with one attached hydrogen (secondary N) is 1. The molecule has 1 aliphatic carbocycles. The van der Waals surface area contributed by atoms with E-state index < -0.39 is 0 Å². The van der Waals surface area contributed by atoms with Gasteiger partial charge in [-0.3, -0.25) is 4.79 Å². The molecule has 4 nitrogen and oxygen atoms in total. The number of carbonyl (C=O) groups is 1. The first-order chi connectivity index (χ1) is 11.7. The highest BCUT2D eigenvalue weighted by Crippen LogP contribution is 2.31. The molecule has 148 valence electrons. The minimum absolute atomic E-state index is 0. The third-order valence-corrected chi connectivity index (χ3v) is 5.44. The summed E-state index contributed by atoms with van der Waals surface area (Å²) in [7, 11) is 4.23. The molecule has 0 atom stereocenters. The van der Waals surface area contributed by atoms with Gasteiger partial charge in [-0.1, -0.05) is 52.2 Å². The molecule has 1 amide bonds.